The Morgan fingerprint density at radius 2 is 2.50 bits per heavy atom. The minimum atomic E-state index is 0.628. The Labute approximate surface area is 67.8 Å². The van der Waals surface area contributed by atoms with Crippen LogP contribution in [-0.4, -0.2) is 11.3 Å². The summed E-state index contributed by atoms with van der Waals surface area (Å²) in [7, 11) is 0. The van der Waals surface area contributed by atoms with Crippen molar-refractivity contribution < 1.29 is 4.79 Å². The molecule has 3 heteroatoms. The Morgan fingerprint density at radius 3 is 2.80 bits per heavy atom. The number of carbonyl (C=O) groups is 1. The Bertz CT molecular complexity index is 242. The number of aryl methyl sites for hydroxylation is 1. The summed E-state index contributed by atoms with van der Waals surface area (Å²) < 4.78 is 0.983. The molecule has 1 aromatic heterocycles. The van der Waals surface area contributed by atoms with Gasteiger partial charge in [-0.3, -0.25) is 4.79 Å². The van der Waals surface area contributed by atoms with E-state index in [0.29, 0.717) is 5.69 Å². The highest BCUT2D eigenvalue weighted by Gasteiger charge is 2.01. The lowest BCUT2D eigenvalue weighted by Gasteiger charge is -1.88. The first-order chi connectivity index (χ1) is 4.77. The van der Waals surface area contributed by atoms with Crippen molar-refractivity contribution in [2.45, 2.75) is 13.3 Å². The van der Waals surface area contributed by atoms with E-state index in [2.05, 4.69) is 20.9 Å². The Morgan fingerprint density at radius 1 is 1.80 bits per heavy atom. The number of H-pyrrole nitrogens is 1. The van der Waals surface area contributed by atoms with Crippen molar-refractivity contribution in [1.29, 1.82) is 0 Å². The van der Waals surface area contributed by atoms with Crippen LogP contribution in [0, 0.1) is 0 Å². The van der Waals surface area contributed by atoms with Gasteiger partial charge in [0.05, 0.1) is 5.69 Å². The zero-order valence-electron chi connectivity index (χ0n) is 5.65. The van der Waals surface area contributed by atoms with Crippen molar-refractivity contribution >= 4 is 22.2 Å². The van der Waals surface area contributed by atoms with Crippen LogP contribution in [0.5, 0.6) is 0 Å². The summed E-state index contributed by atoms with van der Waals surface area (Å²) in [6.07, 6.45) is 1.72. The van der Waals surface area contributed by atoms with Crippen LogP contribution >= 0.6 is 15.9 Å². The molecular formula is C7H8BrNO. The average molecular weight is 202 g/mol. The SMILES string of the molecule is CCc1[nH]c(C=O)cc1Br. The van der Waals surface area contributed by atoms with Gasteiger partial charge >= 0.3 is 0 Å². The van der Waals surface area contributed by atoms with E-state index < -0.39 is 0 Å². The van der Waals surface area contributed by atoms with Crippen LogP contribution in [0.3, 0.4) is 0 Å². The Kier molecular flexibility index (Phi) is 2.27. The molecule has 1 heterocycles. The molecule has 54 valence electrons. The summed E-state index contributed by atoms with van der Waals surface area (Å²) in [5.41, 5.74) is 1.70. The second kappa shape index (κ2) is 3.01. The molecule has 0 bridgehead atoms. The maximum Gasteiger partial charge on any atom is 0.166 e. The Balaban J connectivity index is 3.03. The van der Waals surface area contributed by atoms with Crippen molar-refractivity contribution in [3.63, 3.8) is 0 Å². The quantitative estimate of drug-likeness (QED) is 0.732. The topological polar surface area (TPSA) is 32.9 Å². The highest BCUT2D eigenvalue weighted by atomic mass is 79.9. The summed E-state index contributed by atoms with van der Waals surface area (Å²) in [5, 5.41) is 0. The van der Waals surface area contributed by atoms with Crippen LogP contribution in [0.2, 0.25) is 0 Å². The van der Waals surface area contributed by atoms with Gasteiger partial charge < -0.3 is 4.98 Å². The number of aromatic amines is 1. The summed E-state index contributed by atoms with van der Waals surface area (Å²) in [5.74, 6) is 0. The molecule has 0 atom stereocenters. The van der Waals surface area contributed by atoms with Gasteiger partial charge in [0.2, 0.25) is 0 Å². The zero-order valence-corrected chi connectivity index (χ0v) is 7.23. The van der Waals surface area contributed by atoms with Crippen LogP contribution < -0.4 is 0 Å². The van der Waals surface area contributed by atoms with Gasteiger partial charge in [-0.2, -0.15) is 0 Å². The Hall–Kier alpha value is -0.570. The lowest BCUT2D eigenvalue weighted by Crippen LogP contribution is -1.81. The minimum absolute atomic E-state index is 0.628. The van der Waals surface area contributed by atoms with Crippen molar-refractivity contribution in [2.75, 3.05) is 0 Å². The van der Waals surface area contributed by atoms with Gasteiger partial charge in [0.1, 0.15) is 0 Å². The molecule has 0 fully saturated rings. The standard InChI is InChI=1S/C7H8BrNO/c1-2-7-6(8)3-5(4-10)9-7/h3-4,9H,2H2,1H3. The fourth-order valence-electron chi connectivity index (χ4n) is 0.814. The molecule has 0 aliphatic heterocycles. The first-order valence-electron chi connectivity index (χ1n) is 3.10. The number of aromatic nitrogens is 1. The first kappa shape index (κ1) is 7.54. The molecule has 0 radical (unpaired) electrons. The molecule has 2 nitrogen and oxygen atoms in total. The van der Waals surface area contributed by atoms with E-state index in [1.807, 2.05) is 6.92 Å². The van der Waals surface area contributed by atoms with Crippen LogP contribution in [0.1, 0.15) is 23.1 Å². The monoisotopic (exact) mass is 201 g/mol. The van der Waals surface area contributed by atoms with Gasteiger partial charge in [-0.05, 0) is 28.4 Å². The second-order valence-electron chi connectivity index (χ2n) is 2.02. The maximum absolute atomic E-state index is 10.2. The van der Waals surface area contributed by atoms with E-state index in [-0.39, 0.29) is 0 Å². The molecule has 0 saturated carbocycles. The van der Waals surface area contributed by atoms with E-state index in [9.17, 15) is 4.79 Å². The van der Waals surface area contributed by atoms with Crippen LogP contribution in [-0.2, 0) is 6.42 Å². The molecule has 1 rings (SSSR count). The van der Waals surface area contributed by atoms with Gasteiger partial charge in [0.25, 0.3) is 0 Å². The lowest BCUT2D eigenvalue weighted by atomic mass is 10.3. The summed E-state index contributed by atoms with van der Waals surface area (Å²) in [6, 6.07) is 1.78. The van der Waals surface area contributed by atoms with E-state index in [4.69, 9.17) is 0 Å². The number of carbonyl (C=O) groups excluding carboxylic acids is 1. The highest BCUT2D eigenvalue weighted by Crippen LogP contribution is 2.16. The lowest BCUT2D eigenvalue weighted by molar-refractivity contribution is 0.111. The normalized spacial score (nSPS) is 9.80. The molecule has 1 N–H and O–H groups in total. The van der Waals surface area contributed by atoms with Crippen LogP contribution in [0.15, 0.2) is 10.5 Å². The van der Waals surface area contributed by atoms with Gasteiger partial charge in [0.15, 0.2) is 6.29 Å². The summed E-state index contributed by atoms with van der Waals surface area (Å²) in [4.78, 5) is 13.2. The molecule has 0 amide bonds. The van der Waals surface area contributed by atoms with Gasteiger partial charge in [0, 0.05) is 10.2 Å². The van der Waals surface area contributed by atoms with E-state index in [1.165, 1.54) is 0 Å². The predicted octanol–water partition coefficient (Wildman–Crippen LogP) is 2.15. The maximum atomic E-state index is 10.2. The van der Waals surface area contributed by atoms with E-state index in [0.717, 1.165) is 22.9 Å². The minimum Gasteiger partial charge on any atom is -0.355 e. The number of nitrogens with one attached hydrogen (secondary N) is 1. The number of halogens is 1. The second-order valence-corrected chi connectivity index (χ2v) is 2.88. The van der Waals surface area contributed by atoms with Crippen molar-refractivity contribution in [3.8, 4) is 0 Å². The molecule has 0 unspecified atom stereocenters. The first-order valence-corrected chi connectivity index (χ1v) is 3.89. The smallest absolute Gasteiger partial charge is 0.166 e. The number of aldehydes is 1. The van der Waals surface area contributed by atoms with Crippen molar-refractivity contribution in [2.24, 2.45) is 0 Å². The predicted molar refractivity (Wildman–Crippen MR) is 43.3 cm³/mol. The molecule has 0 spiro atoms. The fourth-order valence-corrected chi connectivity index (χ4v) is 1.44. The number of rotatable bonds is 2. The summed E-state index contributed by atoms with van der Waals surface area (Å²) >= 11 is 3.33. The van der Waals surface area contributed by atoms with Crippen molar-refractivity contribution in [3.05, 3.63) is 21.9 Å². The number of hydrogen-bond donors (Lipinski definition) is 1. The molecule has 0 saturated heterocycles. The van der Waals surface area contributed by atoms with Crippen LogP contribution in [0.4, 0.5) is 0 Å². The molecule has 0 aliphatic rings. The van der Waals surface area contributed by atoms with Gasteiger partial charge in [-0.1, -0.05) is 6.92 Å². The molecule has 0 aliphatic carbocycles. The fraction of sp³-hybridized carbons (Fsp3) is 0.286. The third-order valence-corrected chi connectivity index (χ3v) is 2.05. The largest absolute Gasteiger partial charge is 0.355 e. The van der Waals surface area contributed by atoms with E-state index in [1.54, 1.807) is 6.07 Å². The van der Waals surface area contributed by atoms with Crippen molar-refractivity contribution in [1.82, 2.24) is 4.98 Å². The summed E-state index contributed by atoms with van der Waals surface area (Å²) in [6.45, 7) is 2.03. The molecule has 0 aromatic carbocycles. The molecular weight excluding hydrogens is 194 g/mol. The van der Waals surface area contributed by atoms with Gasteiger partial charge in [-0.15, -0.1) is 0 Å². The van der Waals surface area contributed by atoms with Gasteiger partial charge in [-0.25, -0.2) is 0 Å². The zero-order chi connectivity index (χ0) is 7.56. The third kappa shape index (κ3) is 1.29. The third-order valence-electron chi connectivity index (χ3n) is 1.35. The number of hydrogen-bond acceptors (Lipinski definition) is 1. The highest BCUT2D eigenvalue weighted by molar-refractivity contribution is 9.10. The van der Waals surface area contributed by atoms with E-state index >= 15 is 0 Å². The van der Waals surface area contributed by atoms with Crippen LogP contribution in [0.25, 0.3) is 0 Å². The molecule has 10 heavy (non-hydrogen) atoms. The molecule has 1 aromatic rings. The average Bonchev–Trinajstić information content (AvgIpc) is 2.30.